The Bertz CT molecular complexity index is 1030. The number of anilines is 2. The number of primary amides is 1. The van der Waals surface area contributed by atoms with Gasteiger partial charge in [-0.15, -0.1) is 11.3 Å². The number of thiophene rings is 1. The molecule has 0 radical (unpaired) electrons. The van der Waals surface area contributed by atoms with E-state index in [2.05, 4.69) is 15.0 Å². The van der Waals surface area contributed by atoms with E-state index in [1.165, 1.54) is 17.5 Å². The number of carbonyl (C=O) groups is 1. The third-order valence-electron chi connectivity index (χ3n) is 4.53. The van der Waals surface area contributed by atoms with Gasteiger partial charge < -0.3 is 15.5 Å². The first kappa shape index (κ1) is 18.4. The van der Waals surface area contributed by atoms with Crippen molar-refractivity contribution in [1.29, 1.82) is 0 Å². The molecule has 146 valence electrons. The van der Waals surface area contributed by atoms with Crippen molar-refractivity contribution in [2.24, 2.45) is 5.73 Å². The number of rotatable bonds is 3. The van der Waals surface area contributed by atoms with Gasteiger partial charge in [0.1, 0.15) is 11.5 Å². The van der Waals surface area contributed by atoms with E-state index in [0.717, 1.165) is 28.2 Å². The Balaban J connectivity index is 1.54. The first-order valence-corrected chi connectivity index (χ1v) is 9.28. The van der Waals surface area contributed by atoms with Gasteiger partial charge in [-0.1, -0.05) is 0 Å². The average molecular weight is 408 g/mol. The van der Waals surface area contributed by atoms with Crippen LogP contribution in [0.4, 0.5) is 24.9 Å². The highest BCUT2D eigenvalue weighted by molar-refractivity contribution is 7.17. The van der Waals surface area contributed by atoms with E-state index in [0.29, 0.717) is 31.7 Å². The van der Waals surface area contributed by atoms with Crippen LogP contribution in [0, 0.1) is 0 Å². The van der Waals surface area contributed by atoms with Crippen LogP contribution in [0.1, 0.15) is 16.1 Å². The Labute approximate surface area is 161 Å². The van der Waals surface area contributed by atoms with Crippen LogP contribution in [0.3, 0.4) is 0 Å². The molecule has 3 aromatic rings. The van der Waals surface area contributed by atoms with E-state index < -0.39 is 17.8 Å². The Morgan fingerprint density at radius 1 is 1.11 bits per heavy atom. The maximum atomic E-state index is 12.9. The number of hydrogen-bond donors (Lipinski definition) is 1. The summed E-state index contributed by atoms with van der Waals surface area (Å²) in [6.45, 7) is 1.97. The number of nitrogens with two attached hydrogens (primary N) is 1. The smallest absolute Gasteiger partial charge is 0.366 e. The van der Waals surface area contributed by atoms with Crippen molar-refractivity contribution in [2.75, 3.05) is 36.0 Å². The summed E-state index contributed by atoms with van der Waals surface area (Å²) in [6, 6.07) is 2.74. The van der Waals surface area contributed by atoms with E-state index in [9.17, 15) is 18.0 Å². The predicted molar refractivity (Wildman–Crippen MR) is 99.6 cm³/mol. The molecular formula is C17H15F3N6OS. The van der Waals surface area contributed by atoms with Gasteiger partial charge in [-0.2, -0.15) is 13.2 Å². The number of pyridine rings is 1. The van der Waals surface area contributed by atoms with E-state index in [-0.39, 0.29) is 5.95 Å². The maximum absolute atomic E-state index is 12.9. The third kappa shape index (κ3) is 3.33. The zero-order chi connectivity index (χ0) is 19.9. The van der Waals surface area contributed by atoms with Crippen molar-refractivity contribution in [1.82, 2.24) is 15.0 Å². The Morgan fingerprint density at radius 3 is 2.50 bits per heavy atom. The lowest BCUT2D eigenvalue weighted by atomic mass is 10.2. The average Bonchev–Trinajstić information content (AvgIpc) is 3.16. The van der Waals surface area contributed by atoms with E-state index >= 15 is 0 Å². The van der Waals surface area contributed by atoms with Crippen LogP contribution in [0.15, 0.2) is 29.9 Å². The molecule has 1 saturated heterocycles. The van der Waals surface area contributed by atoms with Crippen LogP contribution >= 0.6 is 11.3 Å². The third-order valence-corrected chi connectivity index (χ3v) is 5.48. The number of aromatic nitrogens is 3. The lowest BCUT2D eigenvalue weighted by molar-refractivity contribution is -0.141. The monoisotopic (exact) mass is 408 g/mol. The Morgan fingerprint density at radius 2 is 1.82 bits per heavy atom. The number of amides is 1. The lowest BCUT2D eigenvalue weighted by Crippen LogP contribution is -2.47. The molecule has 0 saturated carbocycles. The molecule has 0 aliphatic carbocycles. The second kappa shape index (κ2) is 6.89. The molecule has 1 amide bonds. The molecule has 3 aromatic heterocycles. The molecule has 4 rings (SSSR count). The highest BCUT2D eigenvalue weighted by Gasteiger charge is 2.33. The quantitative estimate of drug-likeness (QED) is 0.717. The second-order valence-electron chi connectivity index (χ2n) is 6.24. The minimum Gasteiger partial charge on any atom is -0.366 e. The fourth-order valence-electron chi connectivity index (χ4n) is 3.15. The van der Waals surface area contributed by atoms with Crippen molar-refractivity contribution in [2.45, 2.75) is 6.18 Å². The molecular weight excluding hydrogens is 393 g/mol. The number of fused-ring (bicyclic) bond motifs is 1. The zero-order valence-corrected chi connectivity index (χ0v) is 15.3. The molecule has 0 unspecified atom stereocenters. The topological polar surface area (TPSA) is 88.2 Å². The molecule has 0 atom stereocenters. The highest BCUT2D eigenvalue weighted by Crippen LogP contribution is 2.32. The fourth-order valence-corrected chi connectivity index (χ4v) is 4.06. The number of alkyl halides is 3. The van der Waals surface area contributed by atoms with Gasteiger partial charge in [0.15, 0.2) is 0 Å². The molecule has 28 heavy (non-hydrogen) atoms. The summed E-state index contributed by atoms with van der Waals surface area (Å²) in [7, 11) is 0. The summed E-state index contributed by atoms with van der Waals surface area (Å²) in [5.41, 5.74) is 4.83. The number of carbonyl (C=O) groups excluding carboxylic acids is 1. The van der Waals surface area contributed by atoms with Gasteiger partial charge in [-0.3, -0.25) is 4.79 Å². The molecule has 1 aliphatic rings. The summed E-state index contributed by atoms with van der Waals surface area (Å²) in [6.07, 6.45) is -1.91. The molecule has 1 aliphatic heterocycles. The van der Waals surface area contributed by atoms with Gasteiger partial charge in [-0.05, 0) is 17.5 Å². The van der Waals surface area contributed by atoms with E-state index in [4.69, 9.17) is 5.73 Å². The van der Waals surface area contributed by atoms with E-state index in [1.807, 2.05) is 16.3 Å². The molecule has 0 bridgehead atoms. The van der Waals surface area contributed by atoms with Crippen molar-refractivity contribution >= 4 is 39.1 Å². The summed E-state index contributed by atoms with van der Waals surface area (Å²) in [5, 5.41) is 2.71. The van der Waals surface area contributed by atoms with Gasteiger partial charge in [0.05, 0.1) is 10.3 Å². The van der Waals surface area contributed by atoms with Crippen LogP contribution in [0.2, 0.25) is 0 Å². The van der Waals surface area contributed by atoms with Gasteiger partial charge >= 0.3 is 6.18 Å². The van der Waals surface area contributed by atoms with Gasteiger partial charge in [0, 0.05) is 44.0 Å². The van der Waals surface area contributed by atoms with Crippen molar-refractivity contribution in [3.8, 4) is 0 Å². The van der Waals surface area contributed by atoms with Crippen molar-refractivity contribution < 1.29 is 18.0 Å². The maximum Gasteiger partial charge on any atom is 0.433 e. The number of hydrogen-bond acceptors (Lipinski definition) is 7. The van der Waals surface area contributed by atoms with Crippen LogP contribution < -0.4 is 15.5 Å². The normalized spacial score (nSPS) is 15.2. The van der Waals surface area contributed by atoms with Crippen LogP contribution in [0.25, 0.3) is 10.1 Å². The molecule has 1 fully saturated rings. The fraction of sp³-hybridized carbons (Fsp3) is 0.294. The second-order valence-corrected chi connectivity index (χ2v) is 7.15. The van der Waals surface area contributed by atoms with Crippen molar-refractivity contribution in [3.05, 3.63) is 41.2 Å². The van der Waals surface area contributed by atoms with Crippen LogP contribution in [0.5, 0.6) is 0 Å². The molecule has 0 aromatic carbocycles. The zero-order valence-electron chi connectivity index (χ0n) is 14.5. The summed E-state index contributed by atoms with van der Waals surface area (Å²) >= 11 is 1.42. The van der Waals surface area contributed by atoms with Gasteiger partial charge in [-0.25, -0.2) is 15.0 Å². The van der Waals surface area contributed by atoms with Gasteiger partial charge in [0.2, 0.25) is 5.95 Å². The first-order valence-electron chi connectivity index (χ1n) is 8.41. The number of halogens is 3. The minimum atomic E-state index is -4.50. The Kier molecular flexibility index (Phi) is 4.53. The largest absolute Gasteiger partial charge is 0.433 e. The molecule has 7 nitrogen and oxygen atoms in total. The number of nitrogens with zero attached hydrogens (tertiary/aromatic N) is 5. The van der Waals surface area contributed by atoms with Crippen LogP contribution in [-0.4, -0.2) is 47.0 Å². The standard InChI is InChI=1S/C17H15F3N6OS/c18-17(19,20)12-1-3-22-16(24-12)26-6-4-25(5-7-26)15-10-2-8-28-13(10)11(9-23-15)14(21)27/h1-3,8-9H,4-7H2,(H2,21,27). The SMILES string of the molecule is NC(=O)c1cnc(N2CCN(c3nccc(C(F)(F)F)n3)CC2)c2ccsc12. The lowest BCUT2D eigenvalue weighted by Gasteiger charge is -2.35. The van der Waals surface area contributed by atoms with Crippen LogP contribution in [-0.2, 0) is 6.18 Å². The molecule has 2 N–H and O–H groups in total. The van der Waals surface area contributed by atoms with E-state index in [1.54, 1.807) is 4.90 Å². The summed E-state index contributed by atoms with van der Waals surface area (Å²) in [5.74, 6) is 0.260. The number of piperazine rings is 1. The summed E-state index contributed by atoms with van der Waals surface area (Å²) in [4.78, 5) is 27.3. The Hall–Kier alpha value is -2.95. The molecule has 0 spiro atoms. The minimum absolute atomic E-state index is 0.0622. The molecule has 11 heteroatoms. The first-order chi connectivity index (χ1) is 13.3. The summed E-state index contributed by atoms with van der Waals surface area (Å²) < 4.78 is 39.4. The molecule has 4 heterocycles. The highest BCUT2D eigenvalue weighted by atomic mass is 32.1. The van der Waals surface area contributed by atoms with Gasteiger partial charge in [0.25, 0.3) is 5.91 Å². The van der Waals surface area contributed by atoms with Crippen molar-refractivity contribution in [3.63, 3.8) is 0 Å². The predicted octanol–water partition coefficient (Wildman–Crippen LogP) is 2.53.